The van der Waals surface area contributed by atoms with Gasteiger partial charge in [0, 0.05) is 70.9 Å². The molecule has 0 amide bonds. The van der Waals surface area contributed by atoms with Gasteiger partial charge in [0.1, 0.15) is 0 Å². The van der Waals surface area contributed by atoms with Crippen LogP contribution in [0.25, 0.3) is 0 Å². The molecule has 0 N–H and O–H groups in total. The molecule has 184 valence electrons. The predicted molar refractivity (Wildman–Crippen MR) is 138 cm³/mol. The Morgan fingerprint density at radius 2 is 0.667 bits per heavy atom. The molecule has 0 bridgehead atoms. The summed E-state index contributed by atoms with van der Waals surface area (Å²) in [5, 5.41) is 0. The maximum absolute atomic E-state index is 5.40. The summed E-state index contributed by atoms with van der Waals surface area (Å²) in [6.45, 7) is 14.3. The average molecular weight is 501 g/mol. The van der Waals surface area contributed by atoms with Gasteiger partial charge in [-0.3, -0.25) is 0 Å². The van der Waals surface area contributed by atoms with E-state index in [1.54, 1.807) is 42.7 Å². The summed E-state index contributed by atoms with van der Waals surface area (Å²) in [5.41, 5.74) is 0. The topological polar surface area (TPSA) is 55.4 Å². The van der Waals surface area contributed by atoms with E-state index in [0.29, 0.717) is 0 Å². The highest BCUT2D eigenvalue weighted by atomic mass is 28.4. The second kappa shape index (κ2) is 16.3. The highest BCUT2D eigenvalue weighted by molar-refractivity contribution is 6.77. The molecule has 0 spiro atoms. The first kappa shape index (κ1) is 32.8. The van der Waals surface area contributed by atoms with Crippen molar-refractivity contribution in [2.75, 3.05) is 42.7 Å². The zero-order valence-corrected chi connectivity index (χ0v) is 26.1. The second-order valence-electron chi connectivity index (χ2n) is 10.1. The molecule has 0 fully saturated rings. The Morgan fingerprint density at radius 1 is 0.367 bits per heavy atom. The fourth-order valence-corrected chi connectivity index (χ4v) is 11.4. The quantitative estimate of drug-likeness (QED) is 0.192. The van der Waals surface area contributed by atoms with Gasteiger partial charge in [-0.05, 0) is 6.42 Å². The monoisotopic (exact) mass is 500 g/mol. The molecule has 0 atom stereocenters. The molecule has 10 heteroatoms. The lowest BCUT2D eigenvalue weighted by molar-refractivity contribution is 0.122. The summed E-state index contributed by atoms with van der Waals surface area (Å²) in [6.07, 6.45) is 5.10. The number of unbranched alkanes of at least 4 members (excludes halogenated alkanes) is 3. The zero-order valence-electron chi connectivity index (χ0n) is 22.1. The Morgan fingerprint density at radius 3 is 0.967 bits per heavy atom. The maximum Gasteiger partial charge on any atom is 0.500 e. The standard InChI is InChI=1S/C12H30O3Si2.C8H22O3Si2/c1-13-17(14-2,15-3)12-10-8-7-9-11-16(4,5)6;1-9-13(10-2,11-3)8-7-12(4,5)6/h7-12H2,1-6H3;7-8H2,1-6H3. The zero-order chi connectivity index (χ0) is 23.9. The Balaban J connectivity index is 0. The molecule has 0 aromatic carbocycles. The largest absolute Gasteiger partial charge is 0.500 e. The number of rotatable bonds is 16. The predicted octanol–water partition coefficient (Wildman–Crippen LogP) is 5.97. The van der Waals surface area contributed by atoms with Crippen LogP contribution in [0.5, 0.6) is 0 Å². The van der Waals surface area contributed by atoms with E-state index in [2.05, 4.69) is 39.3 Å². The molecule has 0 rings (SSSR count). The van der Waals surface area contributed by atoms with Crippen molar-refractivity contribution in [2.45, 2.75) is 89.1 Å². The second-order valence-corrected chi connectivity index (χ2v) is 27.6. The summed E-state index contributed by atoms with van der Waals surface area (Å²) >= 11 is 0. The third-order valence-corrected chi connectivity index (χ3v) is 14.9. The van der Waals surface area contributed by atoms with E-state index in [1.165, 1.54) is 31.4 Å². The van der Waals surface area contributed by atoms with Gasteiger partial charge in [-0.25, -0.2) is 0 Å². The van der Waals surface area contributed by atoms with Crippen LogP contribution in [-0.2, 0) is 26.6 Å². The smallest absolute Gasteiger partial charge is 0.377 e. The molecule has 0 radical (unpaired) electrons. The van der Waals surface area contributed by atoms with E-state index < -0.39 is 33.8 Å². The number of hydrogen-bond acceptors (Lipinski definition) is 6. The van der Waals surface area contributed by atoms with E-state index in [4.69, 9.17) is 26.6 Å². The van der Waals surface area contributed by atoms with Crippen LogP contribution in [0.4, 0.5) is 0 Å². The van der Waals surface area contributed by atoms with Crippen molar-refractivity contribution in [3.8, 4) is 0 Å². The molecule has 0 aromatic heterocycles. The van der Waals surface area contributed by atoms with Crippen LogP contribution in [0.15, 0.2) is 0 Å². The van der Waals surface area contributed by atoms with Crippen LogP contribution in [0.1, 0.15) is 25.7 Å². The Labute approximate surface area is 192 Å². The first-order chi connectivity index (χ1) is 13.8. The molecule has 0 heterocycles. The lowest BCUT2D eigenvalue weighted by Gasteiger charge is -2.27. The van der Waals surface area contributed by atoms with Crippen LogP contribution in [-0.4, -0.2) is 76.4 Å². The van der Waals surface area contributed by atoms with Crippen molar-refractivity contribution < 1.29 is 26.6 Å². The summed E-state index contributed by atoms with van der Waals surface area (Å²) in [7, 11) is 3.61. The van der Waals surface area contributed by atoms with E-state index in [-0.39, 0.29) is 0 Å². The first-order valence-electron chi connectivity index (χ1n) is 11.1. The van der Waals surface area contributed by atoms with Crippen molar-refractivity contribution in [3.05, 3.63) is 0 Å². The Kier molecular flexibility index (Phi) is 17.8. The van der Waals surface area contributed by atoms with E-state index in [0.717, 1.165) is 18.5 Å². The maximum atomic E-state index is 5.40. The van der Waals surface area contributed by atoms with Crippen molar-refractivity contribution >= 4 is 33.8 Å². The van der Waals surface area contributed by atoms with Crippen molar-refractivity contribution in [1.29, 1.82) is 0 Å². The highest BCUT2D eigenvalue weighted by Crippen LogP contribution is 2.22. The highest BCUT2D eigenvalue weighted by Gasteiger charge is 2.38. The molecule has 0 aliphatic rings. The molecular weight excluding hydrogens is 449 g/mol. The number of hydrogen-bond donors (Lipinski definition) is 0. The summed E-state index contributed by atoms with van der Waals surface area (Å²) in [6, 6.07) is 4.50. The van der Waals surface area contributed by atoms with Crippen LogP contribution >= 0.6 is 0 Å². The molecule has 0 aromatic rings. The molecule has 6 nitrogen and oxygen atoms in total. The summed E-state index contributed by atoms with van der Waals surface area (Å²) < 4.78 is 32.2. The van der Waals surface area contributed by atoms with E-state index in [1.807, 2.05) is 0 Å². The minimum atomic E-state index is -2.31. The van der Waals surface area contributed by atoms with Crippen LogP contribution in [0.2, 0.25) is 63.5 Å². The van der Waals surface area contributed by atoms with Gasteiger partial charge in [0.05, 0.1) is 0 Å². The lowest BCUT2D eigenvalue weighted by atomic mass is 10.2. The molecular formula is C20H52O6Si4. The normalized spacial score (nSPS) is 13.2. The summed E-state index contributed by atoms with van der Waals surface area (Å²) in [5.74, 6) is 0. The van der Waals surface area contributed by atoms with Crippen LogP contribution < -0.4 is 0 Å². The van der Waals surface area contributed by atoms with Gasteiger partial charge >= 0.3 is 17.6 Å². The minimum Gasteiger partial charge on any atom is -0.377 e. The SMILES string of the molecule is CO[Si](CCCCCC[Si](C)(C)C)(OC)OC.CO[Si](CC[Si](C)(C)C)(OC)OC. The van der Waals surface area contributed by atoms with Gasteiger partial charge in [-0.15, -0.1) is 0 Å². The van der Waals surface area contributed by atoms with E-state index >= 15 is 0 Å². The van der Waals surface area contributed by atoms with Gasteiger partial charge in [0.15, 0.2) is 0 Å². The van der Waals surface area contributed by atoms with Gasteiger partial charge in [0.25, 0.3) is 0 Å². The fourth-order valence-electron chi connectivity index (χ4n) is 2.99. The first-order valence-corrected chi connectivity index (χ1v) is 22.4. The molecule has 30 heavy (non-hydrogen) atoms. The van der Waals surface area contributed by atoms with Gasteiger partial charge in [-0.1, -0.05) is 70.6 Å². The Bertz CT molecular complexity index is 389. The van der Waals surface area contributed by atoms with Crippen molar-refractivity contribution in [3.63, 3.8) is 0 Å². The molecule has 0 aliphatic heterocycles. The molecule has 0 unspecified atom stereocenters. The third kappa shape index (κ3) is 16.3. The van der Waals surface area contributed by atoms with Crippen LogP contribution in [0.3, 0.4) is 0 Å². The third-order valence-electron chi connectivity index (χ3n) is 5.21. The van der Waals surface area contributed by atoms with E-state index in [9.17, 15) is 0 Å². The van der Waals surface area contributed by atoms with Crippen molar-refractivity contribution in [1.82, 2.24) is 0 Å². The summed E-state index contributed by atoms with van der Waals surface area (Å²) in [4.78, 5) is 0. The lowest BCUT2D eigenvalue weighted by Crippen LogP contribution is -2.44. The van der Waals surface area contributed by atoms with Crippen molar-refractivity contribution in [2.24, 2.45) is 0 Å². The van der Waals surface area contributed by atoms with Gasteiger partial charge in [0.2, 0.25) is 0 Å². The molecule has 0 aliphatic carbocycles. The van der Waals surface area contributed by atoms with Gasteiger partial charge < -0.3 is 26.6 Å². The average Bonchev–Trinajstić information content (AvgIpc) is 2.68. The van der Waals surface area contributed by atoms with Crippen LogP contribution in [0, 0.1) is 0 Å². The van der Waals surface area contributed by atoms with Gasteiger partial charge in [-0.2, -0.15) is 0 Å². The molecule has 0 saturated heterocycles. The minimum absolute atomic E-state index is 0.840. The fraction of sp³-hybridized carbons (Fsp3) is 1.00. The molecule has 0 saturated carbocycles. The Hall–Kier alpha value is 0.628.